The fraction of sp³-hybridized carbons (Fsp3) is 0.316. The zero-order chi connectivity index (χ0) is 21.4. The van der Waals surface area contributed by atoms with Crippen LogP contribution in [0.4, 0.5) is 14.6 Å². The smallest absolute Gasteiger partial charge is 0.291 e. The third kappa shape index (κ3) is 3.53. The molecule has 0 saturated heterocycles. The molecule has 1 aliphatic rings. The molecule has 11 heteroatoms. The minimum Gasteiger partial charge on any atom is -0.337 e. The van der Waals surface area contributed by atoms with Crippen molar-refractivity contribution >= 4 is 17.6 Å². The van der Waals surface area contributed by atoms with Crippen molar-refractivity contribution in [3.8, 4) is 0 Å². The van der Waals surface area contributed by atoms with Crippen molar-refractivity contribution in [3.05, 3.63) is 59.6 Å². The van der Waals surface area contributed by atoms with E-state index in [1.54, 1.807) is 13.2 Å². The number of hydrogen-bond acceptors (Lipinski definition) is 5. The second-order valence-corrected chi connectivity index (χ2v) is 6.99. The number of aromatic nitrogens is 5. The van der Waals surface area contributed by atoms with Crippen LogP contribution in [0.15, 0.2) is 30.7 Å². The number of imidazole rings is 1. The maximum atomic E-state index is 13.8. The molecule has 30 heavy (non-hydrogen) atoms. The lowest BCUT2D eigenvalue weighted by molar-refractivity contribution is -0.120. The zero-order valence-corrected chi connectivity index (χ0v) is 16.3. The van der Waals surface area contributed by atoms with Gasteiger partial charge in [0.25, 0.3) is 11.8 Å². The second kappa shape index (κ2) is 7.65. The highest BCUT2D eigenvalue weighted by atomic mass is 19.1. The first-order valence-electron chi connectivity index (χ1n) is 9.28. The lowest BCUT2D eigenvalue weighted by Gasteiger charge is -2.19. The van der Waals surface area contributed by atoms with Crippen LogP contribution in [0.25, 0.3) is 0 Å². The topological polar surface area (TPSA) is 97.9 Å². The molecule has 156 valence electrons. The van der Waals surface area contributed by atoms with E-state index in [9.17, 15) is 18.4 Å². The summed E-state index contributed by atoms with van der Waals surface area (Å²) in [6, 6.07) is 2.79. The molecular weight excluding hydrogens is 396 g/mol. The number of hydrogen-bond donors (Lipinski definition) is 1. The third-order valence-electron chi connectivity index (χ3n) is 5.07. The number of rotatable bonds is 4. The summed E-state index contributed by atoms with van der Waals surface area (Å²) in [6.07, 6.45) is 3.20. The van der Waals surface area contributed by atoms with Gasteiger partial charge >= 0.3 is 0 Å². The molecular formula is C19H19F2N7O2. The predicted octanol–water partition coefficient (Wildman–Crippen LogP) is 1.27. The summed E-state index contributed by atoms with van der Waals surface area (Å²) in [7, 11) is 1.62. The molecule has 1 aliphatic heterocycles. The lowest BCUT2D eigenvalue weighted by Crippen LogP contribution is -2.47. The Labute approximate surface area is 170 Å². The van der Waals surface area contributed by atoms with Crippen molar-refractivity contribution in [2.45, 2.75) is 32.5 Å². The van der Waals surface area contributed by atoms with Gasteiger partial charge in [0.05, 0.1) is 12.7 Å². The third-order valence-corrected chi connectivity index (χ3v) is 5.07. The summed E-state index contributed by atoms with van der Waals surface area (Å²) >= 11 is 0. The highest BCUT2D eigenvalue weighted by Crippen LogP contribution is 2.21. The maximum absolute atomic E-state index is 13.8. The van der Waals surface area contributed by atoms with E-state index >= 15 is 0 Å². The number of amides is 2. The SMILES string of the molecule is Cc1ncc2n1CCC(NC(=O)c1ncn(Cc3c(F)cccc3F)n1)C(=O)N2C. The minimum atomic E-state index is -0.766. The van der Waals surface area contributed by atoms with Crippen LogP contribution in [0.5, 0.6) is 0 Å². The first-order chi connectivity index (χ1) is 14.3. The highest BCUT2D eigenvalue weighted by molar-refractivity contribution is 6.00. The van der Waals surface area contributed by atoms with Crippen molar-refractivity contribution in [1.29, 1.82) is 0 Å². The number of benzene rings is 1. The molecule has 0 aliphatic carbocycles. The fourth-order valence-electron chi connectivity index (χ4n) is 3.41. The molecule has 1 unspecified atom stereocenters. The van der Waals surface area contributed by atoms with Gasteiger partial charge in [-0.2, -0.15) is 0 Å². The van der Waals surface area contributed by atoms with Gasteiger partial charge in [0.15, 0.2) is 0 Å². The number of fused-ring (bicyclic) bond motifs is 1. The second-order valence-electron chi connectivity index (χ2n) is 6.99. The average molecular weight is 415 g/mol. The summed E-state index contributed by atoms with van der Waals surface area (Å²) in [6.45, 7) is 2.14. The Kier molecular flexibility index (Phi) is 5.02. The number of anilines is 1. The number of aryl methyl sites for hydroxylation is 1. The van der Waals surface area contributed by atoms with Crippen molar-refractivity contribution in [1.82, 2.24) is 29.6 Å². The van der Waals surface area contributed by atoms with E-state index in [-0.39, 0.29) is 23.8 Å². The quantitative estimate of drug-likeness (QED) is 0.692. The summed E-state index contributed by atoms with van der Waals surface area (Å²) in [5, 5.41) is 6.63. The molecule has 4 rings (SSSR count). The molecule has 0 saturated carbocycles. The van der Waals surface area contributed by atoms with E-state index in [4.69, 9.17) is 0 Å². The van der Waals surface area contributed by atoms with E-state index in [2.05, 4.69) is 20.4 Å². The molecule has 3 heterocycles. The average Bonchev–Trinajstić information content (AvgIpc) is 3.31. The van der Waals surface area contributed by atoms with Crippen LogP contribution in [0.1, 0.15) is 28.4 Å². The Morgan fingerprint density at radius 1 is 1.27 bits per heavy atom. The van der Waals surface area contributed by atoms with Crippen molar-refractivity contribution in [2.75, 3.05) is 11.9 Å². The van der Waals surface area contributed by atoms with E-state index < -0.39 is 23.6 Å². The monoisotopic (exact) mass is 415 g/mol. The van der Waals surface area contributed by atoms with E-state index in [1.807, 2.05) is 11.5 Å². The first-order valence-corrected chi connectivity index (χ1v) is 9.28. The van der Waals surface area contributed by atoms with Crippen LogP contribution >= 0.6 is 0 Å². The van der Waals surface area contributed by atoms with Crippen molar-refractivity contribution in [2.24, 2.45) is 0 Å². The maximum Gasteiger partial charge on any atom is 0.291 e. The number of carbonyl (C=O) groups excluding carboxylic acids is 2. The number of nitrogens with zero attached hydrogens (tertiary/aromatic N) is 6. The molecule has 0 fully saturated rings. The van der Waals surface area contributed by atoms with Crippen LogP contribution in [0, 0.1) is 18.6 Å². The number of carbonyl (C=O) groups is 2. The Morgan fingerprint density at radius 2 is 2.00 bits per heavy atom. The normalized spacial score (nSPS) is 16.3. The van der Waals surface area contributed by atoms with Gasteiger partial charge in [-0.1, -0.05) is 6.07 Å². The molecule has 1 N–H and O–H groups in total. The lowest BCUT2D eigenvalue weighted by atomic mass is 10.2. The Hall–Kier alpha value is -3.63. The summed E-state index contributed by atoms with van der Waals surface area (Å²) in [4.78, 5) is 34.9. The molecule has 2 amide bonds. The number of halogens is 2. The van der Waals surface area contributed by atoms with Gasteiger partial charge in [-0.15, -0.1) is 5.10 Å². The van der Waals surface area contributed by atoms with Gasteiger partial charge in [-0.3, -0.25) is 14.5 Å². The van der Waals surface area contributed by atoms with Crippen LogP contribution in [0.2, 0.25) is 0 Å². The minimum absolute atomic E-state index is 0.180. The molecule has 0 bridgehead atoms. The predicted molar refractivity (Wildman–Crippen MR) is 102 cm³/mol. The van der Waals surface area contributed by atoms with Crippen LogP contribution in [-0.4, -0.2) is 49.2 Å². The number of likely N-dealkylation sites (N-methyl/N-ethyl adjacent to an activating group) is 1. The van der Waals surface area contributed by atoms with Crippen LogP contribution in [0.3, 0.4) is 0 Å². The van der Waals surface area contributed by atoms with Gasteiger partial charge in [-0.25, -0.2) is 23.4 Å². The van der Waals surface area contributed by atoms with E-state index in [1.165, 1.54) is 17.3 Å². The zero-order valence-electron chi connectivity index (χ0n) is 16.3. The number of nitrogens with one attached hydrogen (secondary N) is 1. The van der Waals surface area contributed by atoms with Crippen molar-refractivity contribution < 1.29 is 18.4 Å². The van der Waals surface area contributed by atoms with Gasteiger partial charge < -0.3 is 9.88 Å². The molecule has 2 aromatic heterocycles. The molecule has 0 radical (unpaired) electrons. The standard InChI is InChI=1S/C19H19F2N7O2/c1-11-22-8-16-26(2)19(30)15(6-7-28(11)16)24-18(29)17-23-10-27(25-17)9-12-13(20)4-3-5-14(12)21/h3-5,8,10,15H,6-7,9H2,1-2H3,(H,24,29). The van der Waals surface area contributed by atoms with Crippen LogP contribution < -0.4 is 10.2 Å². The molecule has 3 aromatic rings. The van der Waals surface area contributed by atoms with Crippen LogP contribution in [-0.2, 0) is 17.9 Å². The fourth-order valence-corrected chi connectivity index (χ4v) is 3.41. The Balaban J connectivity index is 1.46. The van der Waals surface area contributed by atoms with Gasteiger partial charge in [0.1, 0.15) is 35.6 Å². The van der Waals surface area contributed by atoms with Gasteiger partial charge in [-0.05, 0) is 25.5 Å². The summed E-state index contributed by atoms with van der Waals surface area (Å²) in [5.74, 6) is -1.11. The van der Waals surface area contributed by atoms with E-state index in [0.29, 0.717) is 18.8 Å². The largest absolute Gasteiger partial charge is 0.337 e. The van der Waals surface area contributed by atoms with Crippen molar-refractivity contribution in [3.63, 3.8) is 0 Å². The Morgan fingerprint density at radius 3 is 2.73 bits per heavy atom. The summed E-state index contributed by atoms with van der Waals surface area (Å²) < 4.78 is 30.7. The molecule has 9 nitrogen and oxygen atoms in total. The first kappa shape index (κ1) is 19.7. The molecule has 1 atom stereocenters. The van der Waals surface area contributed by atoms with Gasteiger partial charge in [0, 0.05) is 19.2 Å². The van der Waals surface area contributed by atoms with E-state index in [0.717, 1.165) is 22.6 Å². The Bertz CT molecular complexity index is 1100. The molecule has 1 aromatic carbocycles. The molecule has 0 spiro atoms. The van der Waals surface area contributed by atoms with Gasteiger partial charge in [0.2, 0.25) is 5.82 Å². The highest BCUT2D eigenvalue weighted by Gasteiger charge is 2.31. The summed E-state index contributed by atoms with van der Waals surface area (Å²) in [5.41, 5.74) is -0.180.